The summed E-state index contributed by atoms with van der Waals surface area (Å²) in [5.41, 5.74) is 0. The minimum atomic E-state index is -0.357. The summed E-state index contributed by atoms with van der Waals surface area (Å²) >= 11 is 1.30. The van der Waals surface area contributed by atoms with Crippen LogP contribution in [0.15, 0.2) is 0 Å². The quantitative estimate of drug-likeness (QED) is 0.805. The average Bonchev–Trinajstić information content (AvgIpc) is 2.81. The predicted octanol–water partition coefficient (Wildman–Crippen LogP) is 0.282. The lowest BCUT2D eigenvalue weighted by Crippen LogP contribution is -2.57. The third-order valence-electron chi connectivity index (χ3n) is 3.48. The second-order valence-corrected chi connectivity index (χ2v) is 5.70. The molecule has 1 atom stereocenters. The van der Waals surface area contributed by atoms with Gasteiger partial charge in [-0.2, -0.15) is 0 Å². The van der Waals surface area contributed by atoms with Crippen LogP contribution in [-0.2, 0) is 9.59 Å². The van der Waals surface area contributed by atoms with Crippen LogP contribution in [0.2, 0.25) is 0 Å². The first kappa shape index (κ1) is 14.2. The number of thioether (sulfide) groups is 1. The van der Waals surface area contributed by atoms with Crippen LogP contribution < -0.4 is 5.32 Å². The number of piperazine rings is 1. The van der Waals surface area contributed by atoms with Crippen molar-refractivity contribution < 1.29 is 14.4 Å². The molecule has 0 aromatic heterocycles. The third-order valence-corrected chi connectivity index (χ3v) is 4.37. The van der Waals surface area contributed by atoms with Gasteiger partial charge in [-0.15, -0.1) is 0 Å². The predicted molar refractivity (Wildman–Crippen MR) is 72.8 cm³/mol. The molecule has 106 valence electrons. The van der Waals surface area contributed by atoms with Crippen LogP contribution in [0.1, 0.15) is 19.8 Å². The molecule has 2 rings (SSSR count). The molecule has 6 nitrogen and oxygen atoms in total. The summed E-state index contributed by atoms with van der Waals surface area (Å²) in [6.07, 6.45) is 0.923. The molecule has 2 aliphatic rings. The van der Waals surface area contributed by atoms with Crippen molar-refractivity contribution in [2.75, 3.05) is 31.9 Å². The Balaban J connectivity index is 1.87. The summed E-state index contributed by atoms with van der Waals surface area (Å²) in [5.74, 6) is 0.692. The molecule has 2 fully saturated rings. The van der Waals surface area contributed by atoms with Gasteiger partial charge in [0.15, 0.2) is 0 Å². The van der Waals surface area contributed by atoms with Gasteiger partial charge in [-0.1, -0.05) is 18.7 Å². The Morgan fingerprint density at radius 3 is 2.84 bits per heavy atom. The highest BCUT2D eigenvalue weighted by molar-refractivity contribution is 8.13. The van der Waals surface area contributed by atoms with E-state index >= 15 is 0 Å². The van der Waals surface area contributed by atoms with Gasteiger partial charge in [0.25, 0.3) is 5.24 Å². The van der Waals surface area contributed by atoms with Crippen molar-refractivity contribution in [1.29, 1.82) is 0 Å². The van der Waals surface area contributed by atoms with Crippen molar-refractivity contribution in [3.05, 3.63) is 0 Å². The van der Waals surface area contributed by atoms with Crippen LogP contribution in [-0.4, -0.2) is 64.8 Å². The number of rotatable bonds is 4. The molecule has 2 saturated heterocycles. The first-order valence-electron chi connectivity index (χ1n) is 6.62. The number of nitrogens with one attached hydrogen (secondary N) is 1. The van der Waals surface area contributed by atoms with Gasteiger partial charge in [0.2, 0.25) is 11.8 Å². The number of hydrogen-bond donors (Lipinski definition) is 1. The zero-order chi connectivity index (χ0) is 13.8. The van der Waals surface area contributed by atoms with E-state index in [1.54, 1.807) is 9.80 Å². The molecule has 1 unspecified atom stereocenters. The maximum absolute atomic E-state index is 12.2. The Kier molecular flexibility index (Phi) is 4.68. The van der Waals surface area contributed by atoms with Gasteiger partial charge in [0, 0.05) is 38.4 Å². The maximum Gasteiger partial charge on any atom is 0.281 e. The number of carbonyl (C=O) groups excluding carboxylic acids is 3. The Bertz CT molecular complexity index is 388. The zero-order valence-electron chi connectivity index (χ0n) is 11.1. The summed E-state index contributed by atoms with van der Waals surface area (Å²) in [4.78, 5) is 38.6. The molecule has 2 aliphatic heterocycles. The van der Waals surface area contributed by atoms with Crippen LogP contribution >= 0.6 is 11.8 Å². The van der Waals surface area contributed by atoms with Crippen LogP contribution in [0.3, 0.4) is 0 Å². The molecule has 0 aromatic rings. The highest BCUT2D eigenvalue weighted by Gasteiger charge is 2.32. The summed E-state index contributed by atoms with van der Waals surface area (Å²) < 4.78 is 0. The molecular formula is C12H19N3O3S. The molecule has 0 aliphatic carbocycles. The fourth-order valence-electron chi connectivity index (χ4n) is 2.42. The van der Waals surface area contributed by atoms with Crippen LogP contribution in [0.5, 0.6) is 0 Å². The van der Waals surface area contributed by atoms with Gasteiger partial charge in [0.05, 0.1) is 0 Å². The minimum absolute atomic E-state index is 0.0357. The lowest BCUT2D eigenvalue weighted by molar-refractivity contribution is -0.143. The molecule has 0 bridgehead atoms. The lowest BCUT2D eigenvalue weighted by Gasteiger charge is -2.34. The Labute approximate surface area is 116 Å². The summed E-state index contributed by atoms with van der Waals surface area (Å²) in [7, 11) is 0. The normalized spacial score (nSPS) is 23.7. The highest BCUT2D eigenvalue weighted by atomic mass is 32.2. The Morgan fingerprint density at radius 2 is 2.21 bits per heavy atom. The largest absolute Gasteiger partial charge is 0.353 e. The monoisotopic (exact) mass is 285 g/mol. The standard InChI is InChI=1S/C12H19N3O3S/c1-2-9-11(17)13-4-6-15(9)10(16)3-5-14-7-8-19-12(14)18/h9H,2-8H2,1H3,(H,13,17). The fourth-order valence-corrected chi connectivity index (χ4v) is 3.27. The van der Waals surface area contributed by atoms with Crippen molar-refractivity contribution in [2.45, 2.75) is 25.8 Å². The first-order valence-corrected chi connectivity index (χ1v) is 7.61. The fraction of sp³-hybridized carbons (Fsp3) is 0.750. The smallest absolute Gasteiger partial charge is 0.281 e. The highest BCUT2D eigenvalue weighted by Crippen LogP contribution is 2.18. The second-order valence-electron chi connectivity index (χ2n) is 4.65. The third kappa shape index (κ3) is 3.20. The average molecular weight is 285 g/mol. The van der Waals surface area contributed by atoms with Crippen molar-refractivity contribution in [3.63, 3.8) is 0 Å². The van der Waals surface area contributed by atoms with Crippen molar-refractivity contribution in [1.82, 2.24) is 15.1 Å². The summed E-state index contributed by atoms with van der Waals surface area (Å²) in [5, 5.41) is 2.82. The molecule has 0 spiro atoms. The molecule has 0 aromatic carbocycles. The van der Waals surface area contributed by atoms with E-state index < -0.39 is 0 Å². The van der Waals surface area contributed by atoms with E-state index in [4.69, 9.17) is 0 Å². The zero-order valence-corrected chi connectivity index (χ0v) is 11.9. The summed E-state index contributed by atoms with van der Waals surface area (Å²) in [6, 6.07) is -0.357. The van der Waals surface area contributed by atoms with Crippen molar-refractivity contribution >= 4 is 28.8 Å². The van der Waals surface area contributed by atoms with Gasteiger partial charge in [-0.05, 0) is 6.42 Å². The molecule has 1 N–H and O–H groups in total. The van der Waals surface area contributed by atoms with E-state index in [-0.39, 0.29) is 23.1 Å². The molecule has 0 radical (unpaired) electrons. The van der Waals surface area contributed by atoms with Crippen LogP contribution in [0.4, 0.5) is 4.79 Å². The second kappa shape index (κ2) is 6.27. The van der Waals surface area contributed by atoms with Gasteiger partial charge in [-0.25, -0.2) is 0 Å². The Morgan fingerprint density at radius 1 is 1.42 bits per heavy atom. The molecule has 19 heavy (non-hydrogen) atoms. The maximum atomic E-state index is 12.2. The van der Waals surface area contributed by atoms with Crippen molar-refractivity contribution in [3.8, 4) is 0 Å². The molecular weight excluding hydrogens is 266 g/mol. The van der Waals surface area contributed by atoms with E-state index in [0.29, 0.717) is 39.0 Å². The first-order chi connectivity index (χ1) is 9.13. The number of amides is 3. The van der Waals surface area contributed by atoms with Gasteiger partial charge >= 0.3 is 0 Å². The molecule has 3 amide bonds. The number of hydrogen-bond acceptors (Lipinski definition) is 4. The van der Waals surface area contributed by atoms with Gasteiger partial charge in [0.1, 0.15) is 6.04 Å². The molecule has 2 heterocycles. The Hall–Kier alpha value is -1.24. The van der Waals surface area contributed by atoms with Crippen LogP contribution in [0.25, 0.3) is 0 Å². The SMILES string of the molecule is CCC1C(=O)NCCN1C(=O)CCN1CCSC1=O. The van der Waals surface area contributed by atoms with E-state index in [0.717, 1.165) is 5.75 Å². The topological polar surface area (TPSA) is 69.7 Å². The number of carbonyl (C=O) groups is 3. The van der Waals surface area contributed by atoms with E-state index in [1.807, 2.05) is 6.92 Å². The van der Waals surface area contributed by atoms with E-state index in [1.165, 1.54) is 11.8 Å². The van der Waals surface area contributed by atoms with Crippen LogP contribution in [0, 0.1) is 0 Å². The minimum Gasteiger partial charge on any atom is -0.353 e. The van der Waals surface area contributed by atoms with Gasteiger partial charge in [-0.3, -0.25) is 14.4 Å². The van der Waals surface area contributed by atoms with E-state index in [9.17, 15) is 14.4 Å². The molecule has 0 saturated carbocycles. The lowest BCUT2D eigenvalue weighted by atomic mass is 10.1. The summed E-state index contributed by atoms with van der Waals surface area (Å²) in [6.45, 7) is 4.15. The van der Waals surface area contributed by atoms with E-state index in [2.05, 4.69) is 5.32 Å². The number of nitrogens with zero attached hydrogens (tertiary/aromatic N) is 2. The van der Waals surface area contributed by atoms with Gasteiger partial charge < -0.3 is 15.1 Å². The molecule has 7 heteroatoms. The van der Waals surface area contributed by atoms with Crippen molar-refractivity contribution in [2.24, 2.45) is 0 Å².